The topological polar surface area (TPSA) is 75.6 Å². The molecule has 2 aliphatic rings. The third-order valence-corrected chi connectivity index (χ3v) is 5.52. The Hall–Kier alpha value is -4.06. The monoisotopic (exact) mass is 390 g/mol. The molecular formula is C24H18N6. The number of hydrogen-bond donors (Lipinski definition) is 2. The highest BCUT2D eigenvalue weighted by Crippen LogP contribution is 2.42. The van der Waals surface area contributed by atoms with E-state index >= 15 is 0 Å². The van der Waals surface area contributed by atoms with Crippen LogP contribution in [0.3, 0.4) is 0 Å². The lowest BCUT2D eigenvalue weighted by atomic mass is 10.0. The van der Waals surface area contributed by atoms with Gasteiger partial charge in [0.2, 0.25) is 5.95 Å². The Morgan fingerprint density at radius 1 is 0.900 bits per heavy atom. The van der Waals surface area contributed by atoms with Crippen molar-refractivity contribution < 1.29 is 0 Å². The van der Waals surface area contributed by atoms with Crippen molar-refractivity contribution in [1.82, 2.24) is 19.9 Å². The summed E-state index contributed by atoms with van der Waals surface area (Å²) in [6, 6.07) is 14.2. The Balaban J connectivity index is 1.41. The van der Waals surface area contributed by atoms with Gasteiger partial charge in [0.25, 0.3) is 0 Å². The molecule has 0 atom stereocenters. The molecule has 6 heteroatoms. The normalized spacial score (nSPS) is 12.8. The number of benzene rings is 1. The number of allylic oxidation sites excluding steroid dienone is 1. The predicted molar refractivity (Wildman–Crippen MR) is 118 cm³/mol. The van der Waals surface area contributed by atoms with Gasteiger partial charge in [0.05, 0.1) is 11.4 Å². The standard InChI is InChI=1S/C24H18N6/c1-2-8-21-17(5-1)19-14-28-24(30-22(19)18-7-4-11-26-23(18)29-21)27-13-15-10-12-25-20-9-3-6-16(15)20/h1-8,10-12,14H,9,13H2,(H,26,29)(H,27,28,30). The summed E-state index contributed by atoms with van der Waals surface area (Å²) in [7, 11) is 0. The van der Waals surface area contributed by atoms with Crippen LogP contribution in [0.2, 0.25) is 0 Å². The van der Waals surface area contributed by atoms with Crippen LogP contribution >= 0.6 is 0 Å². The number of para-hydroxylation sites is 1. The van der Waals surface area contributed by atoms with Gasteiger partial charge in [0.1, 0.15) is 5.82 Å². The summed E-state index contributed by atoms with van der Waals surface area (Å²) < 4.78 is 0. The highest BCUT2D eigenvalue weighted by molar-refractivity contribution is 5.95. The highest BCUT2D eigenvalue weighted by Gasteiger charge is 2.21. The molecule has 1 aliphatic carbocycles. The lowest BCUT2D eigenvalue weighted by Crippen LogP contribution is -2.07. The van der Waals surface area contributed by atoms with E-state index in [9.17, 15) is 0 Å². The molecule has 6 nitrogen and oxygen atoms in total. The molecule has 3 aromatic heterocycles. The number of aromatic nitrogens is 4. The molecule has 0 unspecified atom stereocenters. The van der Waals surface area contributed by atoms with Gasteiger partial charge in [-0.15, -0.1) is 0 Å². The number of pyridine rings is 2. The molecule has 1 aromatic carbocycles. The van der Waals surface area contributed by atoms with Gasteiger partial charge in [0.15, 0.2) is 0 Å². The quantitative estimate of drug-likeness (QED) is 0.459. The van der Waals surface area contributed by atoms with Crippen molar-refractivity contribution in [3.8, 4) is 22.4 Å². The number of nitrogens with one attached hydrogen (secondary N) is 2. The van der Waals surface area contributed by atoms with Crippen LogP contribution in [0.25, 0.3) is 28.5 Å². The highest BCUT2D eigenvalue weighted by atomic mass is 15.1. The summed E-state index contributed by atoms with van der Waals surface area (Å²) >= 11 is 0. The van der Waals surface area contributed by atoms with Crippen molar-refractivity contribution in [2.45, 2.75) is 13.0 Å². The fourth-order valence-corrected chi connectivity index (χ4v) is 4.06. The van der Waals surface area contributed by atoms with Gasteiger partial charge in [-0.2, -0.15) is 0 Å². The molecule has 1 aliphatic heterocycles. The SMILES string of the molecule is C1=Cc2c(CNc3ncc4c(n3)-c3cccnc3Nc3ccccc3-4)ccnc2C1. The summed E-state index contributed by atoms with van der Waals surface area (Å²) in [6.07, 6.45) is 10.7. The first kappa shape index (κ1) is 16.9. The van der Waals surface area contributed by atoms with Gasteiger partial charge >= 0.3 is 0 Å². The Bertz CT molecular complexity index is 1310. The zero-order chi connectivity index (χ0) is 19.9. The second kappa shape index (κ2) is 6.77. The Morgan fingerprint density at radius 3 is 2.83 bits per heavy atom. The van der Waals surface area contributed by atoms with Gasteiger partial charge in [-0.05, 0) is 29.8 Å². The zero-order valence-corrected chi connectivity index (χ0v) is 16.1. The molecule has 6 rings (SSSR count). The second-order valence-electron chi connectivity index (χ2n) is 7.32. The average molecular weight is 390 g/mol. The lowest BCUT2D eigenvalue weighted by molar-refractivity contribution is 1.03. The number of hydrogen-bond acceptors (Lipinski definition) is 6. The molecule has 0 saturated carbocycles. The van der Waals surface area contributed by atoms with Crippen LogP contribution < -0.4 is 10.6 Å². The molecular weight excluding hydrogens is 372 g/mol. The molecule has 4 aromatic rings. The molecule has 144 valence electrons. The molecule has 0 spiro atoms. The third kappa shape index (κ3) is 2.73. The van der Waals surface area contributed by atoms with E-state index in [-0.39, 0.29) is 0 Å². The molecule has 4 heterocycles. The number of fused-ring (bicyclic) bond motifs is 6. The summed E-state index contributed by atoms with van der Waals surface area (Å²) in [5, 5.41) is 6.83. The Morgan fingerprint density at radius 2 is 1.83 bits per heavy atom. The van der Waals surface area contributed by atoms with Crippen LogP contribution in [-0.4, -0.2) is 19.9 Å². The van der Waals surface area contributed by atoms with E-state index in [4.69, 9.17) is 4.98 Å². The first-order valence-corrected chi connectivity index (χ1v) is 9.93. The molecule has 30 heavy (non-hydrogen) atoms. The van der Waals surface area contributed by atoms with Crippen molar-refractivity contribution in [1.29, 1.82) is 0 Å². The minimum Gasteiger partial charge on any atom is -0.350 e. The van der Waals surface area contributed by atoms with Crippen LogP contribution in [0.1, 0.15) is 16.8 Å². The summed E-state index contributed by atoms with van der Waals surface area (Å²) in [6.45, 7) is 0.642. The molecule has 0 bridgehead atoms. The molecule has 2 N–H and O–H groups in total. The van der Waals surface area contributed by atoms with Crippen LogP contribution in [0.15, 0.2) is 67.1 Å². The minimum absolute atomic E-state index is 0.593. The van der Waals surface area contributed by atoms with E-state index in [1.807, 2.05) is 48.8 Å². The van der Waals surface area contributed by atoms with Crippen molar-refractivity contribution >= 4 is 23.5 Å². The predicted octanol–water partition coefficient (Wildman–Crippen LogP) is 4.84. The fourth-order valence-electron chi connectivity index (χ4n) is 4.06. The molecule has 0 saturated heterocycles. The smallest absolute Gasteiger partial charge is 0.223 e. The van der Waals surface area contributed by atoms with Gasteiger partial charge in [-0.1, -0.05) is 30.4 Å². The maximum atomic E-state index is 4.89. The molecule has 0 amide bonds. The summed E-state index contributed by atoms with van der Waals surface area (Å²) in [4.78, 5) is 18.5. The zero-order valence-electron chi connectivity index (χ0n) is 16.1. The average Bonchev–Trinajstić information content (AvgIpc) is 3.23. The maximum absolute atomic E-state index is 4.89. The molecule has 0 radical (unpaired) electrons. The van der Waals surface area contributed by atoms with E-state index in [0.717, 1.165) is 46.0 Å². The van der Waals surface area contributed by atoms with Gasteiger partial charge in [0, 0.05) is 59.5 Å². The van der Waals surface area contributed by atoms with Crippen molar-refractivity contribution in [3.05, 3.63) is 84.0 Å². The van der Waals surface area contributed by atoms with E-state index in [2.05, 4.69) is 43.8 Å². The summed E-state index contributed by atoms with van der Waals surface area (Å²) in [5.74, 6) is 1.39. The maximum Gasteiger partial charge on any atom is 0.223 e. The van der Waals surface area contributed by atoms with E-state index in [1.165, 1.54) is 11.1 Å². The Kier molecular flexibility index (Phi) is 3.81. The van der Waals surface area contributed by atoms with Crippen molar-refractivity contribution in [2.24, 2.45) is 0 Å². The van der Waals surface area contributed by atoms with Crippen LogP contribution in [0, 0.1) is 0 Å². The number of anilines is 3. The van der Waals surface area contributed by atoms with Crippen LogP contribution in [0.4, 0.5) is 17.5 Å². The number of rotatable bonds is 3. The largest absolute Gasteiger partial charge is 0.350 e. The number of nitrogens with zero attached hydrogens (tertiary/aromatic N) is 4. The fraction of sp³-hybridized carbons (Fsp3) is 0.0833. The first-order valence-electron chi connectivity index (χ1n) is 9.93. The summed E-state index contributed by atoms with van der Waals surface area (Å²) in [5.41, 5.74) is 8.40. The van der Waals surface area contributed by atoms with Crippen molar-refractivity contribution in [2.75, 3.05) is 10.6 Å². The molecule has 0 fully saturated rings. The van der Waals surface area contributed by atoms with Gasteiger partial charge in [-0.25, -0.2) is 15.0 Å². The van der Waals surface area contributed by atoms with Crippen molar-refractivity contribution in [3.63, 3.8) is 0 Å². The van der Waals surface area contributed by atoms with Crippen LogP contribution in [-0.2, 0) is 13.0 Å². The van der Waals surface area contributed by atoms with E-state index in [1.54, 1.807) is 6.20 Å². The third-order valence-electron chi connectivity index (χ3n) is 5.52. The first-order chi connectivity index (χ1) is 14.9. The second-order valence-corrected chi connectivity index (χ2v) is 7.32. The van der Waals surface area contributed by atoms with Gasteiger partial charge < -0.3 is 10.6 Å². The lowest BCUT2D eigenvalue weighted by Gasteiger charge is -2.12. The van der Waals surface area contributed by atoms with E-state index < -0.39 is 0 Å². The van der Waals surface area contributed by atoms with Crippen LogP contribution in [0.5, 0.6) is 0 Å². The minimum atomic E-state index is 0.593. The van der Waals surface area contributed by atoms with Gasteiger partial charge in [-0.3, -0.25) is 4.98 Å². The van der Waals surface area contributed by atoms with E-state index in [0.29, 0.717) is 12.5 Å². The Labute approximate surface area is 173 Å².